The molecule has 1 aliphatic carbocycles. The maximum absolute atomic E-state index is 5.28. The van der Waals surface area contributed by atoms with Crippen molar-refractivity contribution < 1.29 is 0 Å². The highest BCUT2D eigenvalue weighted by molar-refractivity contribution is 6.17. The van der Waals surface area contributed by atoms with Gasteiger partial charge in [-0.1, -0.05) is 134 Å². The van der Waals surface area contributed by atoms with Crippen LogP contribution in [0.2, 0.25) is 0 Å². The fourth-order valence-corrected chi connectivity index (χ4v) is 8.24. The minimum atomic E-state index is 0.118. The van der Waals surface area contributed by atoms with Crippen LogP contribution in [-0.4, -0.2) is 16.4 Å². The van der Waals surface area contributed by atoms with Gasteiger partial charge in [0, 0.05) is 28.1 Å². The Morgan fingerprint density at radius 2 is 1.24 bits per heavy atom. The van der Waals surface area contributed by atoms with Crippen LogP contribution in [0.1, 0.15) is 29.5 Å². The molecule has 3 aliphatic rings. The van der Waals surface area contributed by atoms with Gasteiger partial charge in [-0.15, -0.1) is 0 Å². The molecular formula is C47H35N3. The molecule has 3 atom stereocenters. The smallest absolute Gasteiger partial charge is 0.132 e. The van der Waals surface area contributed by atoms with E-state index in [2.05, 4.69) is 192 Å². The van der Waals surface area contributed by atoms with E-state index in [0.29, 0.717) is 5.92 Å². The summed E-state index contributed by atoms with van der Waals surface area (Å²) in [5, 5.41) is 2.49. The maximum Gasteiger partial charge on any atom is 0.132 e. The number of dihydropyridines is 1. The van der Waals surface area contributed by atoms with Crippen molar-refractivity contribution in [1.82, 2.24) is 4.57 Å². The molecule has 0 N–H and O–H groups in total. The third kappa shape index (κ3) is 4.69. The zero-order chi connectivity index (χ0) is 33.0. The van der Waals surface area contributed by atoms with Crippen LogP contribution in [0, 0.1) is 0 Å². The van der Waals surface area contributed by atoms with Gasteiger partial charge in [-0.3, -0.25) is 9.56 Å². The molecule has 0 saturated heterocycles. The van der Waals surface area contributed by atoms with E-state index >= 15 is 0 Å². The van der Waals surface area contributed by atoms with Crippen molar-refractivity contribution in [3.63, 3.8) is 0 Å². The molecule has 0 bridgehead atoms. The molecule has 10 rings (SSSR count). The molecule has 0 spiro atoms. The lowest BCUT2D eigenvalue weighted by Crippen LogP contribution is -2.28. The normalized spacial score (nSPS) is 19.2. The van der Waals surface area contributed by atoms with Crippen molar-refractivity contribution in [3.8, 4) is 22.3 Å². The molecule has 7 aromatic rings. The third-order valence-electron chi connectivity index (χ3n) is 10.6. The molecule has 3 nitrogen and oxygen atoms in total. The Hall–Kier alpha value is -6.19. The summed E-state index contributed by atoms with van der Waals surface area (Å²) < 4.78 is 2.34. The van der Waals surface area contributed by atoms with E-state index in [0.717, 1.165) is 12.3 Å². The quantitative estimate of drug-likeness (QED) is 0.187. The molecule has 6 aromatic carbocycles. The Bertz CT molecular complexity index is 2520. The van der Waals surface area contributed by atoms with Gasteiger partial charge in [-0.25, -0.2) is 0 Å². The Balaban J connectivity index is 1.04. The van der Waals surface area contributed by atoms with Gasteiger partial charge in [-0.2, -0.15) is 0 Å². The van der Waals surface area contributed by atoms with Crippen molar-refractivity contribution in [2.75, 3.05) is 4.90 Å². The average molecular weight is 642 g/mol. The predicted octanol–water partition coefficient (Wildman–Crippen LogP) is 11.8. The molecule has 50 heavy (non-hydrogen) atoms. The topological polar surface area (TPSA) is 20.5 Å². The first kappa shape index (κ1) is 28.8. The summed E-state index contributed by atoms with van der Waals surface area (Å²) in [5.41, 5.74) is 12.4. The number of benzene rings is 6. The third-order valence-corrected chi connectivity index (χ3v) is 10.6. The molecule has 0 amide bonds. The van der Waals surface area contributed by atoms with Gasteiger partial charge in [0.05, 0.1) is 23.1 Å². The van der Waals surface area contributed by atoms with Crippen LogP contribution in [0.4, 0.5) is 11.4 Å². The molecule has 0 radical (unpaired) electrons. The maximum atomic E-state index is 5.28. The standard InChI is InChI=1S/C47H35N3/c1-3-12-32(13-4-1)33-22-26-37(27-23-33)49-43-19-9-7-16-38(43)40-30-35(24-28-45(40)49)36-25-29-46-41(31-36)39-17-8-10-20-44(39)50(46)47-21-11-18-42(48-47)34-14-5-2-6-15-34/h1-17,19-31,38,42-43H,18H2. The molecular weight excluding hydrogens is 607 g/mol. The van der Waals surface area contributed by atoms with Gasteiger partial charge in [0.2, 0.25) is 0 Å². The zero-order valence-electron chi connectivity index (χ0n) is 27.6. The van der Waals surface area contributed by atoms with Crippen molar-refractivity contribution in [2.24, 2.45) is 4.99 Å². The predicted molar refractivity (Wildman–Crippen MR) is 209 cm³/mol. The summed E-state index contributed by atoms with van der Waals surface area (Å²) in [6, 6.07) is 53.4. The van der Waals surface area contributed by atoms with E-state index in [1.165, 1.54) is 66.6 Å². The first-order valence-electron chi connectivity index (χ1n) is 17.6. The van der Waals surface area contributed by atoms with Gasteiger partial charge < -0.3 is 4.90 Å². The number of aromatic nitrogens is 1. The van der Waals surface area contributed by atoms with Gasteiger partial charge in [0.1, 0.15) is 5.84 Å². The fraction of sp³-hybridized carbons (Fsp3) is 0.0851. The van der Waals surface area contributed by atoms with Crippen molar-refractivity contribution >= 4 is 39.0 Å². The highest BCUT2D eigenvalue weighted by Gasteiger charge is 2.37. The number of allylic oxidation sites excluding steroid dienone is 3. The summed E-state index contributed by atoms with van der Waals surface area (Å²) in [7, 11) is 0. The monoisotopic (exact) mass is 641 g/mol. The van der Waals surface area contributed by atoms with Gasteiger partial charge in [0.25, 0.3) is 0 Å². The fourth-order valence-electron chi connectivity index (χ4n) is 8.24. The number of hydrogen-bond acceptors (Lipinski definition) is 2. The summed E-state index contributed by atoms with van der Waals surface area (Å²) in [6.45, 7) is 0. The van der Waals surface area contributed by atoms with Crippen molar-refractivity contribution in [1.29, 1.82) is 0 Å². The van der Waals surface area contributed by atoms with Crippen molar-refractivity contribution in [2.45, 2.75) is 24.4 Å². The van der Waals surface area contributed by atoms with Crippen LogP contribution in [-0.2, 0) is 0 Å². The largest absolute Gasteiger partial charge is 0.333 e. The molecule has 238 valence electrons. The first-order chi connectivity index (χ1) is 24.8. The van der Waals surface area contributed by atoms with Crippen LogP contribution in [0.15, 0.2) is 187 Å². The molecule has 1 aromatic heterocycles. The van der Waals surface area contributed by atoms with E-state index in [4.69, 9.17) is 4.99 Å². The molecule has 3 heteroatoms. The Kier molecular flexibility index (Phi) is 6.76. The highest BCUT2D eigenvalue weighted by Crippen LogP contribution is 2.49. The summed E-state index contributed by atoms with van der Waals surface area (Å²) >= 11 is 0. The lowest BCUT2D eigenvalue weighted by Gasteiger charge is -2.28. The lowest BCUT2D eigenvalue weighted by atomic mass is 9.89. The number of para-hydroxylation sites is 1. The van der Waals surface area contributed by atoms with Gasteiger partial charge in [0.15, 0.2) is 0 Å². The number of anilines is 2. The zero-order valence-corrected chi connectivity index (χ0v) is 27.6. The Labute approximate surface area is 292 Å². The number of rotatable bonds is 4. The highest BCUT2D eigenvalue weighted by atomic mass is 15.2. The van der Waals surface area contributed by atoms with Crippen LogP contribution >= 0.6 is 0 Å². The summed E-state index contributed by atoms with van der Waals surface area (Å²) in [4.78, 5) is 7.79. The lowest BCUT2D eigenvalue weighted by molar-refractivity contribution is 0.731. The van der Waals surface area contributed by atoms with E-state index < -0.39 is 0 Å². The minimum absolute atomic E-state index is 0.118. The van der Waals surface area contributed by atoms with Gasteiger partial charge >= 0.3 is 0 Å². The second-order valence-electron chi connectivity index (χ2n) is 13.5. The van der Waals surface area contributed by atoms with Crippen LogP contribution in [0.5, 0.6) is 0 Å². The van der Waals surface area contributed by atoms with E-state index in [1.807, 2.05) is 0 Å². The summed E-state index contributed by atoms with van der Waals surface area (Å²) in [6.07, 6.45) is 14.5. The number of fused-ring (bicyclic) bond motifs is 6. The molecule has 0 fully saturated rings. The van der Waals surface area contributed by atoms with Crippen LogP contribution in [0.3, 0.4) is 0 Å². The number of aliphatic imine (C=N–C) groups is 1. The number of nitrogens with zero attached hydrogens (tertiary/aromatic N) is 3. The molecule has 0 saturated carbocycles. The number of hydrogen-bond donors (Lipinski definition) is 0. The van der Waals surface area contributed by atoms with Crippen LogP contribution < -0.4 is 4.90 Å². The van der Waals surface area contributed by atoms with E-state index in [9.17, 15) is 0 Å². The Morgan fingerprint density at radius 3 is 2.10 bits per heavy atom. The van der Waals surface area contributed by atoms with E-state index in [1.54, 1.807) is 0 Å². The molecule has 2 aliphatic heterocycles. The van der Waals surface area contributed by atoms with Crippen LogP contribution in [0.25, 0.3) is 44.1 Å². The van der Waals surface area contributed by atoms with Gasteiger partial charge in [-0.05, 0) is 88.3 Å². The SMILES string of the molecule is C1=CC2c3cc(-c4ccc5c(c4)c4ccccc4n5C4=NC(c5ccccc5)CC=C4)ccc3N(c3ccc(-c4ccccc4)cc3)C2C=C1. The Morgan fingerprint density at radius 1 is 0.560 bits per heavy atom. The first-order valence-corrected chi connectivity index (χ1v) is 17.6. The molecule has 3 unspecified atom stereocenters. The van der Waals surface area contributed by atoms with E-state index in [-0.39, 0.29) is 12.1 Å². The summed E-state index contributed by atoms with van der Waals surface area (Å²) in [5.74, 6) is 1.28. The average Bonchev–Trinajstić information content (AvgIpc) is 3.71. The van der Waals surface area contributed by atoms with Crippen molar-refractivity contribution in [3.05, 3.63) is 193 Å². The second-order valence-corrected chi connectivity index (χ2v) is 13.5. The second kappa shape index (κ2) is 11.7. The minimum Gasteiger partial charge on any atom is -0.333 e. The molecule has 3 heterocycles.